The van der Waals surface area contributed by atoms with Crippen molar-refractivity contribution in [2.75, 3.05) is 5.32 Å². The lowest BCUT2D eigenvalue weighted by Crippen LogP contribution is -2.24. The van der Waals surface area contributed by atoms with Gasteiger partial charge in [-0.25, -0.2) is 4.39 Å². The molecular weight excluding hydrogens is 405 g/mol. The number of hydrogen-bond donors (Lipinski definition) is 1. The highest BCUT2D eigenvalue weighted by atomic mass is 32.1. The van der Waals surface area contributed by atoms with E-state index in [1.54, 1.807) is 0 Å². The number of nitrogens with one attached hydrogen (secondary N) is 1. The van der Waals surface area contributed by atoms with Crippen molar-refractivity contribution in [1.82, 2.24) is 20.0 Å². The van der Waals surface area contributed by atoms with E-state index in [1.807, 2.05) is 31.2 Å². The van der Waals surface area contributed by atoms with Gasteiger partial charge in [-0.1, -0.05) is 41.2 Å². The summed E-state index contributed by atoms with van der Waals surface area (Å²) in [6.07, 6.45) is 0.613. The number of anilines is 1. The van der Waals surface area contributed by atoms with Crippen LogP contribution in [0.2, 0.25) is 0 Å². The van der Waals surface area contributed by atoms with Crippen molar-refractivity contribution < 1.29 is 9.18 Å². The van der Waals surface area contributed by atoms with Crippen LogP contribution in [0, 0.1) is 12.7 Å². The molecule has 30 heavy (non-hydrogen) atoms. The Labute approximate surface area is 174 Å². The number of rotatable bonds is 5. The largest absolute Gasteiger partial charge is 0.295 e. The summed E-state index contributed by atoms with van der Waals surface area (Å²) in [5.41, 5.74) is 2.22. The van der Waals surface area contributed by atoms with Crippen molar-refractivity contribution in [2.24, 2.45) is 0 Å². The molecule has 0 radical (unpaired) electrons. The van der Waals surface area contributed by atoms with Gasteiger partial charge in [0.2, 0.25) is 5.13 Å². The maximum Gasteiger partial charge on any atom is 0.277 e. The van der Waals surface area contributed by atoms with Gasteiger partial charge < -0.3 is 0 Å². The fraction of sp³-hybridized carbons (Fsp3) is 0.0952. The summed E-state index contributed by atoms with van der Waals surface area (Å²) in [4.78, 5) is 24.6. The van der Waals surface area contributed by atoms with Crippen LogP contribution in [-0.2, 0) is 6.42 Å². The highest BCUT2D eigenvalue weighted by molar-refractivity contribution is 7.15. The number of aromatic nitrogens is 4. The van der Waals surface area contributed by atoms with E-state index < -0.39 is 17.3 Å². The lowest BCUT2D eigenvalue weighted by atomic mass is 10.1. The molecule has 0 unspecified atom stereocenters. The van der Waals surface area contributed by atoms with Gasteiger partial charge in [0.05, 0.1) is 5.69 Å². The van der Waals surface area contributed by atoms with Crippen LogP contribution < -0.4 is 10.9 Å². The average molecular weight is 421 g/mol. The van der Waals surface area contributed by atoms with E-state index in [4.69, 9.17) is 0 Å². The van der Waals surface area contributed by atoms with Crippen LogP contribution in [0.1, 0.15) is 26.6 Å². The summed E-state index contributed by atoms with van der Waals surface area (Å²) in [7, 11) is 0. The van der Waals surface area contributed by atoms with E-state index in [-0.39, 0.29) is 5.69 Å². The van der Waals surface area contributed by atoms with Gasteiger partial charge in [-0.05, 0) is 42.8 Å². The molecule has 0 fully saturated rings. The zero-order valence-electron chi connectivity index (χ0n) is 15.9. The van der Waals surface area contributed by atoms with E-state index in [2.05, 4.69) is 20.6 Å². The van der Waals surface area contributed by atoms with Crippen LogP contribution in [0.25, 0.3) is 5.69 Å². The monoisotopic (exact) mass is 421 g/mol. The number of aryl methyl sites for hydroxylation is 1. The number of amides is 1. The molecule has 150 valence electrons. The Morgan fingerprint density at radius 1 is 1.03 bits per heavy atom. The third-order valence-electron chi connectivity index (χ3n) is 4.27. The summed E-state index contributed by atoms with van der Waals surface area (Å²) in [6, 6.07) is 15.9. The molecule has 4 rings (SSSR count). The van der Waals surface area contributed by atoms with Crippen molar-refractivity contribution in [3.63, 3.8) is 0 Å². The second-order valence-electron chi connectivity index (χ2n) is 6.56. The molecular formula is C21H16FN5O2S. The fourth-order valence-corrected chi connectivity index (χ4v) is 3.49. The van der Waals surface area contributed by atoms with Crippen molar-refractivity contribution in [2.45, 2.75) is 13.3 Å². The quantitative estimate of drug-likeness (QED) is 0.534. The molecule has 2 heterocycles. The van der Waals surface area contributed by atoms with Gasteiger partial charge in [-0.15, -0.1) is 10.2 Å². The van der Waals surface area contributed by atoms with Gasteiger partial charge in [0.1, 0.15) is 16.5 Å². The molecule has 2 aromatic carbocycles. The molecule has 1 amide bonds. The average Bonchev–Trinajstić information content (AvgIpc) is 3.17. The number of carbonyl (C=O) groups is 1. The minimum absolute atomic E-state index is 0.0224. The number of carbonyl (C=O) groups excluding carboxylic acids is 1. The Morgan fingerprint density at radius 3 is 2.50 bits per heavy atom. The molecule has 0 aliphatic carbocycles. The van der Waals surface area contributed by atoms with Gasteiger partial charge in [0, 0.05) is 12.5 Å². The number of halogens is 1. The highest BCUT2D eigenvalue weighted by Crippen LogP contribution is 2.19. The molecule has 0 saturated heterocycles. The van der Waals surface area contributed by atoms with E-state index in [0.29, 0.717) is 17.2 Å². The van der Waals surface area contributed by atoms with E-state index >= 15 is 0 Å². The van der Waals surface area contributed by atoms with Crippen molar-refractivity contribution in [3.05, 3.63) is 98.7 Å². The minimum Gasteiger partial charge on any atom is -0.295 e. The summed E-state index contributed by atoms with van der Waals surface area (Å²) >= 11 is 1.27. The molecule has 7 nitrogen and oxygen atoms in total. The van der Waals surface area contributed by atoms with Crippen molar-refractivity contribution in [1.29, 1.82) is 0 Å². The first-order chi connectivity index (χ1) is 14.5. The van der Waals surface area contributed by atoms with Gasteiger partial charge >= 0.3 is 0 Å². The van der Waals surface area contributed by atoms with Gasteiger partial charge in [0.25, 0.3) is 11.5 Å². The predicted molar refractivity (Wildman–Crippen MR) is 112 cm³/mol. The molecule has 0 saturated carbocycles. The normalized spacial score (nSPS) is 10.7. The molecule has 0 aliphatic rings. The van der Waals surface area contributed by atoms with Gasteiger partial charge in [-0.2, -0.15) is 9.78 Å². The maximum atomic E-state index is 13.1. The van der Waals surface area contributed by atoms with E-state index in [1.165, 1.54) is 53.3 Å². The zero-order chi connectivity index (χ0) is 21.1. The third-order valence-corrected chi connectivity index (χ3v) is 5.11. The number of benzene rings is 2. The molecule has 0 bridgehead atoms. The highest BCUT2D eigenvalue weighted by Gasteiger charge is 2.14. The van der Waals surface area contributed by atoms with Crippen LogP contribution in [0.3, 0.4) is 0 Å². The topological polar surface area (TPSA) is 89.8 Å². The van der Waals surface area contributed by atoms with Crippen LogP contribution in [-0.4, -0.2) is 25.9 Å². The molecule has 2 aromatic heterocycles. The predicted octanol–water partition coefficient (Wildman–Crippen LogP) is 3.37. The second kappa shape index (κ2) is 8.34. The first-order valence-electron chi connectivity index (χ1n) is 9.03. The Bertz CT molecular complexity index is 1250. The maximum absolute atomic E-state index is 13.1. The zero-order valence-corrected chi connectivity index (χ0v) is 16.7. The number of hydrogen-bond acceptors (Lipinski definition) is 6. The SMILES string of the molecule is Cc1ccc(Cc2nnc(NC(=O)c3ccc(=O)n(-c4ccc(F)cc4)n3)s2)cc1. The summed E-state index contributed by atoms with van der Waals surface area (Å²) < 4.78 is 14.2. The van der Waals surface area contributed by atoms with Crippen molar-refractivity contribution >= 4 is 22.4 Å². The van der Waals surface area contributed by atoms with Crippen LogP contribution in [0.5, 0.6) is 0 Å². The third kappa shape index (κ3) is 4.47. The van der Waals surface area contributed by atoms with E-state index in [0.717, 1.165) is 15.3 Å². The Balaban J connectivity index is 1.50. The van der Waals surface area contributed by atoms with Crippen LogP contribution >= 0.6 is 11.3 Å². The van der Waals surface area contributed by atoms with Crippen molar-refractivity contribution in [3.8, 4) is 5.69 Å². The molecule has 1 N–H and O–H groups in total. The lowest BCUT2D eigenvalue weighted by molar-refractivity contribution is 0.102. The molecule has 4 aromatic rings. The lowest BCUT2D eigenvalue weighted by Gasteiger charge is -2.06. The first-order valence-corrected chi connectivity index (χ1v) is 9.85. The van der Waals surface area contributed by atoms with Crippen LogP contribution in [0.15, 0.2) is 65.5 Å². The Hall–Kier alpha value is -3.72. The summed E-state index contributed by atoms with van der Waals surface area (Å²) in [5, 5.41) is 15.9. The van der Waals surface area contributed by atoms with Gasteiger partial charge in [0.15, 0.2) is 0 Å². The fourth-order valence-electron chi connectivity index (χ4n) is 2.72. The standard InChI is InChI=1S/C21H16FN5O2S/c1-13-2-4-14(5-3-13)12-18-24-25-21(30-18)23-20(29)17-10-11-19(28)27(26-17)16-8-6-15(22)7-9-16/h2-11H,12H2,1H3,(H,23,25,29). The minimum atomic E-state index is -0.524. The molecule has 0 spiro atoms. The summed E-state index contributed by atoms with van der Waals surface area (Å²) in [5.74, 6) is -0.956. The van der Waals surface area contributed by atoms with Gasteiger partial charge in [-0.3, -0.25) is 14.9 Å². The second-order valence-corrected chi connectivity index (χ2v) is 7.62. The van der Waals surface area contributed by atoms with Crippen LogP contribution in [0.4, 0.5) is 9.52 Å². The molecule has 0 atom stereocenters. The first kappa shape index (κ1) is 19.6. The smallest absolute Gasteiger partial charge is 0.277 e. The summed E-state index contributed by atoms with van der Waals surface area (Å²) in [6.45, 7) is 2.02. The Kier molecular flexibility index (Phi) is 5.44. The number of nitrogens with zero attached hydrogens (tertiary/aromatic N) is 4. The Morgan fingerprint density at radius 2 is 1.77 bits per heavy atom. The van der Waals surface area contributed by atoms with E-state index in [9.17, 15) is 14.0 Å². The molecule has 9 heteroatoms. The molecule has 0 aliphatic heterocycles.